The molecule has 5 nitrogen and oxygen atoms in total. The molecule has 0 fully saturated rings. The summed E-state index contributed by atoms with van der Waals surface area (Å²) in [7, 11) is -2.34. The number of benzene rings is 1. The quantitative estimate of drug-likeness (QED) is 0.787. The average molecular weight is 356 g/mol. The van der Waals surface area contributed by atoms with Crippen LogP contribution >= 0.6 is 23.2 Å². The van der Waals surface area contributed by atoms with E-state index >= 15 is 0 Å². The van der Waals surface area contributed by atoms with Crippen molar-refractivity contribution >= 4 is 33.2 Å². The molecule has 0 radical (unpaired) electrons. The van der Waals surface area contributed by atoms with Gasteiger partial charge in [-0.2, -0.15) is 0 Å². The van der Waals surface area contributed by atoms with Gasteiger partial charge >= 0.3 is 0 Å². The number of hydrogen-bond donors (Lipinski definition) is 2. The third-order valence-electron chi connectivity index (χ3n) is 3.02. The van der Waals surface area contributed by atoms with Crippen LogP contribution < -0.4 is 4.72 Å². The van der Waals surface area contributed by atoms with E-state index in [9.17, 15) is 13.5 Å². The van der Waals surface area contributed by atoms with Crippen LogP contribution in [0.3, 0.4) is 0 Å². The van der Waals surface area contributed by atoms with Crippen molar-refractivity contribution in [2.75, 3.05) is 13.7 Å². The monoisotopic (exact) mass is 355 g/mol. The van der Waals surface area contributed by atoms with E-state index in [2.05, 4.69) is 4.72 Å². The van der Waals surface area contributed by atoms with E-state index in [0.717, 1.165) is 0 Å². The van der Waals surface area contributed by atoms with Crippen LogP contribution in [0, 0.1) is 5.92 Å². The Hall–Kier alpha value is -0.370. The molecule has 120 valence electrons. The predicted octanol–water partition coefficient (Wildman–Crippen LogP) is 2.44. The summed E-state index contributed by atoms with van der Waals surface area (Å²) in [6.07, 6.45) is 0. The SMILES string of the molecule is COCC(NS(=O)(=O)c1cc(CO)c(Cl)cc1Cl)C(C)C. The van der Waals surface area contributed by atoms with E-state index in [1.807, 2.05) is 13.8 Å². The predicted molar refractivity (Wildman–Crippen MR) is 83.2 cm³/mol. The lowest BCUT2D eigenvalue weighted by molar-refractivity contribution is 0.157. The Balaban J connectivity index is 3.18. The minimum absolute atomic E-state index is 0.00428. The third kappa shape index (κ3) is 4.81. The lowest BCUT2D eigenvalue weighted by atomic mass is 10.1. The summed E-state index contributed by atoms with van der Waals surface area (Å²) in [6.45, 7) is 3.64. The maximum absolute atomic E-state index is 12.4. The first-order valence-electron chi connectivity index (χ1n) is 6.33. The van der Waals surface area contributed by atoms with Gasteiger partial charge in [-0.25, -0.2) is 13.1 Å². The molecule has 0 aliphatic rings. The molecule has 1 unspecified atom stereocenters. The van der Waals surface area contributed by atoms with E-state index in [1.165, 1.54) is 19.2 Å². The maximum atomic E-state index is 12.4. The molecule has 0 aromatic heterocycles. The highest BCUT2D eigenvalue weighted by Crippen LogP contribution is 2.29. The standard InChI is InChI=1S/C13H19Cl2NO4S/c1-8(2)12(7-20-3)16-21(18,19)13-4-9(6-17)10(14)5-11(13)15/h4-5,8,12,16-17H,6-7H2,1-3H3. The molecule has 1 aromatic rings. The van der Waals surface area contributed by atoms with Crippen LogP contribution in [0.25, 0.3) is 0 Å². The van der Waals surface area contributed by atoms with Gasteiger partial charge in [-0.15, -0.1) is 0 Å². The summed E-state index contributed by atoms with van der Waals surface area (Å²) in [6, 6.07) is 2.20. The van der Waals surface area contributed by atoms with Crippen LogP contribution in [0.5, 0.6) is 0 Å². The Bertz CT molecular complexity index is 590. The van der Waals surface area contributed by atoms with E-state index < -0.39 is 10.0 Å². The van der Waals surface area contributed by atoms with Crippen molar-refractivity contribution in [2.24, 2.45) is 5.92 Å². The molecule has 0 spiro atoms. The number of hydrogen-bond acceptors (Lipinski definition) is 4. The number of aliphatic hydroxyl groups excluding tert-OH is 1. The van der Waals surface area contributed by atoms with Crippen molar-refractivity contribution in [3.63, 3.8) is 0 Å². The molecule has 2 N–H and O–H groups in total. The zero-order chi connectivity index (χ0) is 16.2. The maximum Gasteiger partial charge on any atom is 0.242 e. The highest BCUT2D eigenvalue weighted by Gasteiger charge is 2.25. The number of nitrogens with one attached hydrogen (secondary N) is 1. The van der Waals surface area contributed by atoms with Gasteiger partial charge in [0.2, 0.25) is 10.0 Å². The minimum Gasteiger partial charge on any atom is -0.392 e. The molecule has 0 amide bonds. The lowest BCUT2D eigenvalue weighted by Crippen LogP contribution is -2.41. The fourth-order valence-electron chi connectivity index (χ4n) is 1.70. The first-order chi connectivity index (χ1) is 9.72. The fraction of sp³-hybridized carbons (Fsp3) is 0.538. The van der Waals surface area contributed by atoms with Gasteiger partial charge < -0.3 is 9.84 Å². The summed E-state index contributed by atoms with van der Waals surface area (Å²) in [5, 5.41) is 9.42. The van der Waals surface area contributed by atoms with E-state index in [-0.39, 0.29) is 40.1 Å². The average Bonchev–Trinajstić information content (AvgIpc) is 2.37. The Labute approximate surface area is 135 Å². The fourth-order valence-corrected chi connectivity index (χ4v) is 3.93. The second kappa shape index (κ2) is 7.76. The normalized spacial score (nSPS) is 13.7. The number of sulfonamides is 1. The molecule has 0 saturated carbocycles. The summed E-state index contributed by atoms with van der Waals surface area (Å²) < 4.78 is 32.5. The number of aliphatic hydroxyl groups is 1. The Morgan fingerprint density at radius 3 is 2.38 bits per heavy atom. The molecule has 0 heterocycles. The summed E-state index contributed by atoms with van der Waals surface area (Å²) in [4.78, 5) is -0.112. The molecule has 1 rings (SSSR count). The van der Waals surface area contributed by atoms with Crippen molar-refractivity contribution in [2.45, 2.75) is 31.4 Å². The second-order valence-electron chi connectivity index (χ2n) is 4.96. The molecule has 0 saturated heterocycles. The molecule has 1 aromatic carbocycles. The summed E-state index contributed by atoms with van der Waals surface area (Å²) in [5.74, 6) is 0.0445. The van der Waals surface area contributed by atoms with Gasteiger partial charge in [0.05, 0.1) is 18.2 Å². The number of methoxy groups -OCH3 is 1. The van der Waals surface area contributed by atoms with Gasteiger partial charge in [0, 0.05) is 18.2 Å². The number of halogens is 2. The van der Waals surface area contributed by atoms with Gasteiger partial charge in [-0.3, -0.25) is 0 Å². The smallest absolute Gasteiger partial charge is 0.242 e. The van der Waals surface area contributed by atoms with Gasteiger partial charge in [0.15, 0.2) is 0 Å². The van der Waals surface area contributed by atoms with Crippen molar-refractivity contribution in [3.05, 3.63) is 27.7 Å². The van der Waals surface area contributed by atoms with E-state index in [1.54, 1.807) is 0 Å². The minimum atomic E-state index is -3.84. The number of rotatable bonds is 7. The first-order valence-corrected chi connectivity index (χ1v) is 8.57. The van der Waals surface area contributed by atoms with Gasteiger partial charge in [0.25, 0.3) is 0 Å². The van der Waals surface area contributed by atoms with Crippen LogP contribution in [0.1, 0.15) is 19.4 Å². The summed E-state index contributed by atoms with van der Waals surface area (Å²) >= 11 is 11.8. The first kappa shape index (κ1) is 18.7. The van der Waals surface area contributed by atoms with Crippen LogP contribution in [-0.2, 0) is 21.4 Å². The molecule has 0 aliphatic carbocycles. The van der Waals surface area contributed by atoms with Crippen molar-refractivity contribution in [1.29, 1.82) is 0 Å². The molecule has 21 heavy (non-hydrogen) atoms. The van der Waals surface area contributed by atoms with Crippen molar-refractivity contribution in [1.82, 2.24) is 4.72 Å². The Morgan fingerprint density at radius 2 is 1.90 bits per heavy atom. The Morgan fingerprint density at radius 1 is 1.29 bits per heavy atom. The zero-order valence-corrected chi connectivity index (χ0v) is 14.4. The molecule has 0 bridgehead atoms. The van der Waals surface area contributed by atoms with Crippen LogP contribution in [-0.4, -0.2) is 33.3 Å². The number of ether oxygens (including phenoxy) is 1. The topological polar surface area (TPSA) is 75.6 Å². The zero-order valence-electron chi connectivity index (χ0n) is 12.1. The third-order valence-corrected chi connectivity index (χ3v) is 5.32. The van der Waals surface area contributed by atoms with Crippen LogP contribution in [0.2, 0.25) is 10.0 Å². The highest BCUT2D eigenvalue weighted by molar-refractivity contribution is 7.89. The van der Waals surface area contributed by atoms with E-state index in [4.69, 9.17) is 27.9 Å². The largest absolute Gasteiger partial charge is 0.392 e. The molecule has 8 heteroatoms. The van der Waals surface area contributed by atoms with Gasteiger partial charge in [-0.05, 0) is 23.6 Å². The molecule has 0 aliphatic heterocycles. The Kier molecular flexibility index (Phi) is 6.90. The second-order valence-corrected chi connectivity index (χ2v) is 7.46. The molecular formula is C13H19Cl2NO4S. The van der Waals surface area contributed by atoms with Gasteiger partial charge in [-0.1, -0.05) is 37.0 Å². The van der Waals surface area contributed by atoms with Crippen molar-refractivity contribution < 1.29 is 18.3 Å². The highest BCUT2D eigenvalue weighted by atomic mass is 35.5. The summed E-state index contributed by atoms with van der Waals surface area (Å²) in [5.41, 5.74) is 0.300. The van der Waals surface area contributed by atoms with Crippen LogP contribution in [0.4, 0.5) is 0 Å². The van der Waals surface area contributed by atoms with Gasteiger partial charge in [0.1, 0.15) is 4.90 Å². The van der Waals surface area contributed by atoms with Crippen molar-refractivity contribution in [3.8, 4) is 0 Å². The van der Waals surface area contributed by atoms with Crippen LogP contribution in [0.15, 0.2) is 17.0 Å². The molecule has 1 atom stereocenters. The van der Waals surface area contributed by atoms with E-state index in [0.29, 0.717) is 5.56 Å². The lowest BCUT2D eigenvalue weighted by Gasteiger charge is -2.22. The molecular weight excluding hydrogens is 337 g/mol.